The maximum Gasteiger partial charge on any atom is 0.341 e. The standard InChI is InChI=1S/C17H10N4O3/c18-9-11-3-5-12(6-4-11)15-8-14(17(23)24)16(22)21(20-15)13-2-1-7-19-10-13/h1-8,10H,(H,23,24). The third-order valence-electron chi connectivity index (χ3n) is 3.34. The molecule has 116 valence electrons. The molecule has 7 nitrogen and oxygen atoms in total. The van der Waals surface area contributed by atoms with Gasteiger partial charge < -0.3 is 5.11 Å². The zero-order chi connectivity index (χ0) is 17.1. The lowest BCUT2D eigenvalue weighted by Crippen LogP contribution is -2.27. The number of nitriles is 1. The summed E-state index contributed by atoms with van der Waals surface area (Å²) in [6.45, 7) is 0. The molecule has 0 atom stereocenters. The minimum atomic E-state index is -1.34. The summed E-state index contributed by atoms with van der Waals surface area (Å²) in [7, 11) is 0. The van der Waals surface area contributed by atoms with Crippen molar-refractivity contribution in [1.29, 1.82) is 5.26 Å². The Hall–Kier alpha value is -3.79. The minimum Gasteiger partial charge on any atom is -0.477 e. The summed E-state index contributed by atoms with van der Waals surface area (Å²) in [4.78, 5) is 27.7. The van der Waals surface area contributed by atoms with Gasteiger partial charge in [0, 0.05) is 11.8 Å². The molecule has 0 bridgehead atoms. The molecule has 0 aliphatic rings. The molecule has 0 saturated heterocycles. The fourth-order valence-electron chi connectivity index (χ4n) is 2.16. The van der Waals surface area contributed by atoms with E-state index in [0.717, 1.165) is 4.68 Å². The first kappa shape index (κ1) is 15.1. The van der Waals surface area contributed by atoms with Crippen LogP contribution in [0.1, 0.15) is 15.9 Å². The zero-order valence-corrected chi connectivity index (χ0v) is 12.2. The van der Waals surface area contributed by atoms with Gasteiger partial charge in [0.2, 0.25) is 0 Å². The molecule has 1 aromatic carbocycles. The SMILES string of the molecule is N#Cc1ccc(-c2cc(C(=O)O)c(=O)n(-c3cccnc3)n2)cc1. The fourth-order valence-corrected chi connectivity index (χ4v) is 2.16. The van der Waals surface area contributed by atoms with Gasteiger partial charge in [0.1, 0.15) is 5.56 Å². The Bertz CT molecular complexity index is 1000. The van der Waals surface area contributed by atoms with Gasteiger partial charge in [-0.15, -0.1) is 0 Å². The Kier molecular flexibility index (Phi) is 3.87. The topological polar surface area (TPSA) is 109 Å². The summed E-state index contributed by atoms with van der Waals surface area (Å²) in [5.74, 6) is -1.34. The Labute approximate surface area is 136 Å². The van der Waals surface area contributed by atoms with E-state index in [0.29, 0.717) is 22.5 Å². The van der Waals surface area contributed by atoms with Crippen LogP contribution in [0, 0.1) is 11.3 Å². The fraction of sp³-hybridized carbons (Fsp3) is 0. The van der Waals surface area contributed by atoms with Crippen LogP contribution in [0.25, 0.3) is 16.9 Å². The molecule has 2 heterocycles. The highest BCUT2D eigenvalue weighted by atomic mass is 16.4. The van der Waals surface area contributed by atoms with Crippen molar-refractivity contribution in [3.05, 3.63) is 76.3 Å². The molecular weight excluding hydrogens is 308 g/mol. The molecule has 0 fully saturated rings. The van der Waals surface area contributed by atoms with E-state index in [4.69, 9.17) is 5.26 Å². The van der Waals surface area contributed by atoms with Crippen molar-refractivity contribution in [1.82, 2.24) is 14.8 Å². The second kappa shape index (κ2) is 6.14. The second-order valence-corrected chi connectivity index (χ2v) is 4.87. The average molecular weight is 318 g/mol. The molecule has 1 N–H and O–H groups in total. The van der Waals surface area contributed by atoms with E-state index in [1.54, 1.807) is 36.4 Å². The molecule has 24 heavy (non-hydrogen) atoms. The van der Waals surface area contributed by atoms with Gasteiger partial charge in [-0.1, -0.05) is 12.1 Å². The smallest absolute Gasteiger partial charge is 0.341 e. The summed E-state index contributed by atoms with van der Waals surface area (Å²) in [5.41, 5.74) is 0.592. The zero-order valence-electron chi connectivity index (χ0n) is 12.2. The van der Waals surface area contributed by atoms with Crippen LogP contribution in [-0.2, 0) is 0 Å². The number of nitrogens with zero attached hydrogens (tertiary/aromatic N) is 4. The maximum atomic E-state index is 12.3. The van der Waals surface area contributed by atoms with Crippen molar-refractivity contribution < 1.29 is 9.90 Å². The van der Waals surface area contributed by atoms with Gasteiger partial charge in [0.05, 0.1) is 29.2 Å². The van der Waals surface area contributed by atoms with Crippen LogP contribution in [-0.4, -0.2) is 25.8 Å². The average Bonchev–Trinajstić information content (AvgIpc) is 2.62. The first-order valence-electron chi connectivity index (χ1n) is 6.89. The van der Waals surface area contributed by atoms with Crippen LogP contribution in [0.15, 0.2) is 59.7 Å². The van der Waals surface area contributed by atoms with Crippen LogP contribution in [0.3, 0.4) is 0 Å². The molecule has 7 heteroatoms. The lowest BCUT2D eigenvalue weighted by Gasteiger charge is -2.09. The molecule has 0 unspecified atom stereocenters. The monoisotopic (exact) mass is 318 g/mol. The van der Waals surface area contributed by atoms with Gasteiger partial charge in [0.25, 0.3) is 5.56 Å². The molecule has 0 spiro atoms. The predicted octanol–water partition coefficient (Wildman–Crippen LogP) is 1.86. The lowest BCUT2D eigenvalue weighted by molar-refractivity contribution is 0.0694. The number of carbonyl (C=O) groups is 1. The summed E-state index contributed by atoms with van der Waals surface area (Å²) in [6, 6.07) is 12.9. The molecule has 0 amide bonds. The molecule has 0 aliphatic heterocycles. The summed E-state index contributed by atoms with van der Waals surface area (Å²) in [5, 5.41) is 22.4. The van der Waals surface area contributed by atoms with Crippen molar-refractivity contribution in [3.63, 3.8) is 0 Å². The van der Waals surface area contributed by atoms with Crippen LogP contribution in [0.2, 0.25) is 0 Å². The van der Waals surface area contributed by atoms with Gasteiger partial charge in [-0.05, 0) is 30.3 Å². The number of aromatic carboxylic acids is 1. The van der Waals surface area contributed by atoms with E-state index < -0.39 is 17.1 Å². The molecule has 3 aromatic rings. The van der Waals surface area contributed by atoms with Crippen molar-refractivity contribution >= 4 is 5.97 Å². The lowest BCUT2D eigenvalue weighted by atomic mass is 10.1. The first-order valence-corrected chi connectivity index (χ1v) is 6.89. The highest BCUT2D eigenvalue weighted by Gasteiger charge is 2.16. The van der Waals surface area contributed by atoms with E-state index in [-0.39, 0.29) is 0 Å². The van der Waals surface area contributed by atoms with Crippen molar-refractivity contribution in [3.8, 4) is 23.0 Å². The number of rotatable bonds is 3. The first-order chi connectivity index (χ1) is 11.6. The minimum absolute atomic E-state index is 0.306. The Morgan fingerprint density at radius 2 is 1.96 bits per heavy atom. The molecule has 0 radical (unpaired) electrons. The molecule has 0 saturated carbocycles. The van der Waals surface area contributed by atoms with Gasteiger partial charge in [-0.3, -0.25) is 9.78 Å². The van der Waals surface area contributed by atoms with E-state index in [2.05, 4.69) is 10.1 Å². The van der Waals surface area contributed by atoms with Gasteiger partial charge >= 0.3 is 5.97 Å². The third-order valence-corrected chi connectivity index (χ3v) is 3.34. The Morgan fingerprint density at radius 3 is 2.54 bits per heavy atom. The van der Waals surface area contributed by atoms with Crippen LogP contribution in [0.4, 0.5) is 0 Å². The second-order valence-electron chi connectivity index (χ2n) is 4.87. The summed E-state index contributed by atoms with van der Waals surface area (Å²) in [6.07, 6.45) is 2.96. The number of benzene rings is 1. The van der Waals surface area contributed by atoms with Gasteiger partial charge in [-0.2, -0.15) is 15.0 Å². The van der Waals surface area contributed by atoms with Crippen molar-refractivity contribution in [2.24, 2.45) is 0 Å². The third kappa shape index (κ3) is 2.76. The molecule has 3 rings (SSSR count). The summed E-state index contributed by atoms with van der Waals surface area (Å²) >= 11 is 0. The number of carboxylic acid groups (broad SMARTS) is 1. The number of hydrogen-bond acceptors (Lipinski definition) is 5. The highest BCUT2D eigenvalue weighted by Crippen LogP contribution is 2.18. The highest BCUT2D eigenvalue weighted by molar-refractivity contribution is 5.88. The largest absolute Gasteiger partial charge is 0.477 e. The van der Waals surface area contributed by atoms with E-state index >= 15 is 0 Å². The summed E-state index contributed by atoms with van der Waals surface area (Å²) < 4.78 is 1.00. The molecule has 2 aromatic heterocycles. The Morgan fingerprint density at radius 1 is 1.21 bits per heavy atom. The van der Waals surface area contributed by atoms with E-state index in [1.807, 2.05) is 6.07 Å². The maximum absolute atomic E-state index is 12.3. The normalized spacial score (nSPS) is 10.1. The van der Waals surface area contributed by atoms with Gasteiger partial charge in [0.15, 0.2) is 0 Å². The predicted molar refractivity (Wildman–Crippen MR) is 84.7 cm³/mol. The number of hydrogen-bond donors (Lipinski definition) is 1. The van der Waals surface area contributed by atoms with E-state index in [1.165, 1.54) is 18.5 Å². The number of pyridine rings is 1. The van der Waals surface area contributed by atoms with Crippen LogP contribution < -0.4 is 5.56 Å². The molecular formula is C17H10N4O3. The van der Waals surface area contributed by atoms with Gasteiger partial charge in [-0.25, -0.2) is 4.79 Å². The number of carboxylic acids is 1. The molecule has 0 aliphatic carbocycles. The Balaban J connectivity index is 2.24. The van der Waals surface area contributed by atoms with Crippen molar-refractivity contribution in [2.75, 3.05) is 0 Å². The number of aromatic nitrogens is 3. The quantitative estimate of drug-likeness (QED) is 0.789. The van der Waals surface area contributed by atoms with Crippen LogP contribution in [0.5, 0.6) is 0 Å². The van der Waals surface area contributed by atoms with E-state index in [9.17, 15) is 14.7 Å². The van der Waals surface area contributed by atoms with Crippen LogP contribution >= 0.6 is 0 Å². The van der Waals surface area contributed by atoms with Crippen molar-refractivity contribution in [2.45, 2.75) is 0 Å².